The van der Waals surface area contributed by atoms with E-state index in [0.717, 1.165) is 37.9 Å². The molecular formula is C17H28FN. The van der Waals surface area contributed by atoms with Gasteiger partial charge in [-0.2, -0.15) is 0 Å². The van der Waals surface area contributed by atoms with Crippen molar-refractivity contribution in [2.24, 2.45) is 11.3 Å². The van der Waals surface area contributed by atoms with Gasteiger partial charge in [-0.25, -0.2) is 4.39 Å². The maximum atomic E-state index is 13.3. The van der Waals surface area contributed by atoms with Crippen molar-refractivity contribution in [2.45, 2.75) is 47.0 Å². The second kappa shape index (κ2) is 7.64. The van der Waals surface area contributed by atoms with Gasteiger partial charge in [0.25, 0.3) is 0 Å². The highest BCUT2D eigenvalue weighted by atomic mass is 19.1. The molecule has 1 N–H and O–H groups in total. The van der Waals surface area contributed by atoms with E-state index in [1.807, 2.05) is 12.1 Å². The summed E-state index contributed by atoms with van der Waals surface area (Å²) in [6.45, 7) is 11.0. The van der Waals surface area contributed by atoms with Gasteiger partial charge in [0.15, 0.2) is 0 Å². The lowest BCUT2D eigenvalue weighted by Crippen LogP contribution is -2.37. The van der Waals surface area contributed by atoms with E-state index in [2.05, 4.69) is 33.0 Å². The fourth-order valence-corrected chi connectivity index (χ4v) is 2.52. The second-order valence-corrected chi connectivity index (χ2v) is 6.04. The molecule has 19 heavy (non-hydrogen) atoms. The Morgan fingerprint density at radius 1 is 1.21 bits per heavy atom. The Morgan fingerprint density at radius 3 is 2.42 bits per heavy atom. The van der Waals surface area contributed by atoms with Gasteiger partial charge in [0.2, 0.25) is 0 Å². The lowest BCUT2D eigenvalue weighted by Gasteiger charge is -2.32. The van der Waals surface area contributed by atoms with E-state index in [1.165, 1.54) is 6.07 Å². The molecule has 1 rings (SSSR count). The molecule has 0 aliphatic carbocycles. The molecule has 1 nitrogen and oxygen atoms in total. The maximum Gasteiger partial charge on any atom is 0.123 e. The number of rotatable bonds is 8. The number of hydrogen-bond acceptors (Lipinski definition) is 1. The van der Waals surface area contributed by atoms with Crippen LogP contribution in [0.5, 0.6) is 0 Å². The minimum absolute atomic E-state index is 0.131. The number of nitrogens with one attached hydrogen (secondary N) is 1. The van der Waals surface area contributed by atoms with E-state index in [1.54, 1.807) is 6.07 Å². The third kappa shape index (κ3) is 5.32. The van der Waals surface area contributed by atoms with E-state index in [9.17, 15) is 4.39 Å². The highest BCUT2D eigenvalue weighted by Crippen LogP contribution is 2.30. The first-order valence-electron chi connectivity index (χ1n) is 7.46. The Balaban J connectivity index is 2.69. The SMILES string of the molecule is CCC(CC)(CNCC(C)C)Cc1cccc(F)c1. The summed E-state index contributed by atoms with van der Waals surface area (Å²) >= 11 is 0. The molecule has 0 saturated carbocycles. The monoisotopic (exact) mass is 265 g/mol. The summed E-state index contributed by atoms with van der Waals surface area (Å²) in [6, 6.07) is 7.02. The Labute approximate surface area is 117 Å². The van der Waals surface area contributed by atoms with Gasteiger partial charge in [0.05, 0.1) is 0 Å². The van der Waals surface area contributed by atoms with Crippen molar-refractivity contribution in [2.75, 3.05) is 13.1 Å². The average Bonchev–Trinajstić information content (AvgIpc) is 2.37. The van der Waals surface area contributed by atoms with E-state index >= 15 is 0 Å². The Kier molecular flexibility index (Phi) is 6.50. The highest BCUT2D eigenvalue weighted by molar-refractivity contribution is 5.18. The lowest BCUT2D eigenvalue weighted by atomic mass is 9.77. The van der Waals surface area contributed by atoms with Crippen LogP contribution >= 0.6 is 0 Å². The first-order valence-corrected chi connectivity index (χ1v) is 7.46. The number of hydrogen-bond donors (Lipinski definition) is 1. The van der Waals surface area contributed by atoms with Crippen LogP contribution in [0.25, 0.3) is 0 Å². The molecule has 0 heterocycles. The second-order valence-electron chi connectivity index (χ2n) is 6.04. The summed E-state index contributed by atoms with van der Waals surface area (Å²) < 4.78 is 13.3. The smallest absolute Gasteiger partial charge is 0.123 e. The minimum atomic E-state index is -0.131. The fraction of sp³-hybridized carbons (Fsp3) is 0.647. The van der Waals surface area contributed by atoms with E-state index in [4.69, 9.17) is 0 Å². The van der Waals surface area contributed by atoms with Gasteiger partial charge in [-0.1, -0.05) is 39.8 Å². The van der Waals surface area contributed by atoms with Gasteiger partial charge < -0.3 is 5.32 Å². The molecule has 1 aromatic carbocycles. The van der Waals surface area contributed by atoms with Crippen molar-refractivity contribution in [3.8, 4) is 0 Å². The van der Waals surface area contributed by atoms with Crippen molar-refractivity contribution < 1.29 is 4.39 Å². The summed E-state index contributed by atoms with van der Waals surface area (Å²) in [5.41, 5.74) is 1.35. The predicted octanol–water partition coefficient (Wildman–Crippen LogP) is 4.42. The van der Waals surface area contributed by atoms with Crippen LogP contribution in [0.3, 0.4) is 0 Å². The summed E-state index contributed by atoms with van der Waals surface area (Å²) in [5, 5.41) is 3.57. The topological polar surface area (TPSA) is 12.0 Å². The zero-order valence-electron chi connectivity index (χ0n) is 12.8. The molecule has 0 aromatic heterocycles. The molecule has 0 saturated heterocycles. The van der Waals surface area contributed by atoms with Crippen LogP contribution in [0.15, 0.2) is 24.3 Å². The van der Waals surface area contributed by atoms with Crippen molar-refractivity contribution in [3.05, 3.63) is 35.6 Å². The third-order valence-corrected chi connectivity index (χ3v) is 4.02. The zero-order chi connectivity index (χ0) is 14.3. The van der Waals surface area contributed by atoms with Crippen LogP contribution in [-0.2, 0) is 6.42 Å². The normalized spacial score (nSPS) is 12.1. The van der Waals surface area contributed by atoms with Gasteiger partial charge in [-0.15, -0.1) is 0 Å². The molecule has 0 bridgehead atoms. The molecule has 0 fully saturated rings. The van der Waals surface area contributed by atoms with E-state index in [0.29, 0.717) is 5.92 Å². The van der Waals surface area contributed by atoms with Crippen molar-refractivity contribution in [3.63, 3.8) is 0 Å². The molecule has 0 atom stereocenters. The fourth-order valence-electron chi connectivity index (χ4n) is 2.52. The molecular weight excluding hydrogens is 237 g/mol. The van der Waals surface area contributed by atoms with Crippen LogP contribution in [0, 0.1) is 17.2 Å². The van der Waals surface area contributed by atoms with Crippen LogP contribution in [0.2, 0.25) is 0 Å². The van der Waals surface area contributed by atoms with E-state index in [-0.39, 0.29) is 11.2 Å². The van der Waals surface area contributed by atoms with Crippen molar-refractivity contribution >= 4 is 0 Å². The standard InChI is InChI=1S/C17H28FN/c1-5-17(6-2,13-19-12-14(3)4)11-15-8-7-9-16(18)10-15/h7-10,14,19H,5-6,11-13H2,1-4H3. The molecule has 0 radical (unpaired) electrons. The van der Waals surface area contributed by atoms with Crippen molar-refractivity contribution in [1.82, 2.24) is 5.32 Å². The molecule has 0 aliphatic heterocycles. The quantitative estimate of drug-likeness (QED) is 0.733. The van der Waals surface area contributed by atoms with Gasteiger partial charge in [-0.3, -0.25) is 0 Å². The van der Waals surface area contributed by atoms with Crippen LogP contribution < -0.4 is 5.32 Å². The van der Waals surface area contributed by atoms with E-state index < -0.39 is 0 Å². The first kappa shape index (κ1) is 16.2. The molecule has 0 unspecified atom stereocenters. The molecule has 2 heteroatoms. The van der Waals surface area contributed by atoms with Gasteiger partial charge in [0, 0.05) is 6.54 Å². The lowest BCUT2D eigenvalue weighted by molar-refractivity contribution is 0.243. The maximum absolute atomic E-state index is 13.3. The zero-order valence-corrected chi connectivity index (χ0v) is 12.8. The van der Waals surface area contributed by atoms with Crippen molar-refractivity contribution in [1.29, 1.82) is 0 Å². The summed E-state index contributed by atoms with van der Waals surface area (Å²) in [7, 11) is 0. The van der Waals surface area contributed by atoms with Crippen LogP contribution in [-0.4, -0.2) is 13.1 Å². The molecule has 0 amide bonds. The largest absolute Gasteiger partial charge is 0.316 e. The van der Waals surface area contributed by atoms with Gasteiger partial charge in [-0.05, 0) is 54.8 Å². The minimum Gasteiger partial charge on any atom is -0.316 e. The molecule has 1 aromatic rings. The van der Waals surface area contributed by atoms with Crippen LogP contribution in [0.1, 0.15) is 46.1 Å². The molecule has 0 spiro atoms. The highest BCUT2D eigenvalue weighted by Gasteiger charge is 2.26. The average molecular weight is 265 g/mol. The molecule has 108 valence electrons. The van der Waals surface area contributed by atoms with Crippen LogP contribution in [0.4, 0.5) is 4.39 Å². The summed E-state index contributed by atoms with van der Waals surface area (Å²) in [6.07, 6.45) is 3.18. The number of benzene rings is 1. The Hall–Kier alpha value is -0.890. The number of halogens is 1. The predicted molar refractivity (Wildman–Crippen MR) is 80.8 cm³/mol. The van der Waals surface area contributed by atoms with Gasteiger partial charge >= 0.3 is 0 Å². The molecule has 0 aliphatic rings. The third-order valence-electron chi connectivity index (χ3n) is 4.02. The summed E-state index contributed by atoms with van der Waals surface area (Å²) in [5.74, 6) is 0.536. The Morgan fingerprint density at radius 2 is 1.89 bits per heavy atom. The summed E-state index contributed by atoms with van der Waals surface area (Å²) in [4.78, 5) is 0. The van der Waals surface area contributed by atoms with Gasteiger partial charge in [0.1, 0.15) is 5.82 Å². The Bertz CT molecular complexity index is 369. The first-order chi connectivity index (χ1) is 9.01.